The SMILES string of the molecule is CCc1cccc(CC)c1-n1c(CC)nc(N(N)Cc2ccccc2)nc1=O. The van der Waals surface area contributed by atoms with Gasteiger partial charge in [0, 0.05) is 6.42 Å². The van der Waals surface area contributed by atoms with Gasteiger partial charge in [0.1, 0.15) is 5.82 Å². The Balaban J connectivity index is 2.08. The molecule has 0 atom stereocenters. The van der Waals surface area contributed by atoms with E-state index in [1.54, 1.807) is 4.57 Å². The van der Waals surface area contributed by atoms with Gasteiger partial charge in [0.25, 0.3) is 0 Å². The monoisotopic (exact) mass is 377 g/mol. The predicted octanol–water partition coefficient (Wildman–Crippen LogP) is 3.20. The van der Waals surface area contributed by atoms with Gasteiger partial charge in [-0.1, -0.05) is 69.3 Å². The maximum Gasteiger partial charge on any atom is 0.356 e. The van der Waals surface area contributed by atoms with E-state index < -0.39 is 0 Å². The van der Waals surface area contributed by atoms with Crippen LogP contribution in [0.5, 0.6) is 0 Å². The number of hydrazine groups is 1. The third-order valence-electron chi connectivity index (χ3n) is 4.83. The van der Waals surface area contributed by atoms with Gasteiger partial charge >= 0.3 is 5.69 Å². The van der Waals surface area contributed by atoms with E-state index >= 15 is 0 Å². The van der Waals surface area contributed by atoms with Crippen LogP contribution in [-0.2, 0) is 25.8 Å². The van der Waals surface area contributed by atoms with Crippen molar-refractivity contribution in [1.82, 2.24) is 14.5 Å². The second-order valence-electron chi connectivity index (χ2n) is 6.66. The minimum absolute atomic E-state index is 0.244. The van der Waals surface area contributed by atoms with Gasteiger partial charge in [-0.15, -0.1) is 0 Å². The second-order valence-corrected chi connectivity index (χ2v) is 6.66. The van der Waals surface area contributed by atoms with Crippen molar-refractivity contribution < 1.29 is 0 Å². The quantitative estimate of drug-likeness (QED) is 0.505. The number of hydrogen-bond acceptors (Lipinski definition) is 5. The summed E-state index contributed by atoms with van der Waals surface area (Å²) in [6.07, 6.45) is 2.26. The highest BCUT2D eigenvalue weighted by atomic mass is 16.1. The Kier molecular flexibility index (Phi) is 6.21. The third-order valence-corrected chi connectivity index (χ3v) is 4.83. The molecule has 0 radical (unpaired) electrons. The van der Waals surface area contributed by atoms with Gasteiger partial charge in [-0.05, 0) is 29.5 Å². The largest absolute Gasteiger partial charge is 0.356 e. The van der Waals surface area contributed by atoms with Crippen molar-refractivity contribution >= 4 is 5.95 Å². The molecule has 0 aliphatic heterocycles. The molecule has 0 spiro atoms. The molecule has 28 heavy (non-hydrogen) atoms. The van der Waals surface area contributed by atoms with Crippen molar-refractivity contribution in [2.45, 2.75) is 46.6 Å². The summed E-state index contributed by atoms with van der Waals surface area (Å²) < 4.78 is 1.65. The normalized spacial score (nSPS) is 10.9. The van der Waals surface area contributed by atoms with Crippen LogP contribution in [0.2, 0.25) is 0 Å². The fraction of sp³-hybridized carbons (Fsp3) is 0.318. The zero-order valence-electron chi connectivity index (χ0n) is 16.7. The Bertz CT molecular complexity index is 975. The smallest absolute Gasteiger partial charge is 0.274 e. The average Bonchev–Trinajstić information content (AvgIpc) is 2.73. The maximum atomic E-state index is 13.0. The number of aryl methyl sites for hydroxylation is 3. The van der Waals surface area contributed by atoms with Crippen molar-refractivity contribution in [2.75, 3.05) is 5.01 Å². The maximum absolute atomic E-state index is 13.0. The summed E-state index contributed by atoms with van der Waals surface area (Å²) in [4.78, 5) is 21.9. The van der Waals surface area contributed by atoms with Crippen LogP contribution in [0.1, 0.15) is 43.3 Å². The zero-order valence-corrected chi connectivity index (χ0v) is 16.7. The van der Waals surface area contributed by atoms with Gasteiger partial charge in [-0.25, -0.2) is 15.2 Å². The van der Waals surface area contributed by atoms with Crippen molar-refractivity contribution in [1.29, 1.82) is 0 Å². The molecule has 1 heterocycles. The Morgan fingerprint density at radius 3 is 2.11 bits per heavy atom. The molecule has 2 N–H and O–H groups in total. The summed E-state index contributed by atoms with van der Waals surface area (Å²) in [7, 11) is 0. The van der Waals surface area contributed by atoms with Crippen LogP contribution in [0.4, 0.5) is 5.95 Å². The van der Waals surface area contributed by atoms with E-state index in [9.17, 15) is 4.79 Å². The first-order valence-corrected chi connectivity index (χ1v) is 9.76. The summed E-state index contributed by atoms with van der Waals surface area (Å²) >= 11 is 0. The first-order chi connectivity index (χ1) is 13.6. The van der Waals surface area contributed by atoms with Crippen LogP contribution < -0.4 is 16.5 Å². The number of hydrogen-bond donors (Lipinski definition) is 1. The van der Waals surface area contributed by atoms with E-state index in [0.29, 0.717) is 18.8 Å². The molecular formula is C22H27N5O. The molecule has 0 unspecified atom stereocenters. The number of anilines is 1. The Hall–Kier alpha value is -2.99. The molecule has 0 saturated heterocycles. The van der Waals surface area contributed by atoms with Gasteiger partial charge in [0.05, 0.1) is 12.2 Å². The highest BCUT2D eigenvalue weighted by Crippen LogP contribution is 2.22. The minimum Gasteiger partial charge on any atom is -0.274 e. The number of benzene rings is 2. The summed E-state index contributed by atoms with van der Waals surface area (Å²) in [5, 5.41) is 1.42. The van der Waals surface area contributed by atoms with E-state index in [1.165, 1.54) is 5.01 Å². The molecule has 6 nitrogen and oxygen atoms in total. The van der Waals surface area contributed by atoms with Crippen LogP contribution >= 0.6 is 0 Å². The molecule has 0 amide bonds. The van der Waals surface area contributed by atoms with Crippen LogP contribution in [-0.4, -0.2) is 14.5 Å². The molecule has 3 aromatic rings. The average molecular weight is 377 g/mol. The lowest BCUT2D eigenvalue weighted by Gasteiger charge is -2.21. The third kappa shape index (κ3) is 3.97. The van der Waals surface area contributed by atoms with E-state index in [-0.39, 0.29) is 11.6 Å². The van der Waals surface area contributed by atoms with Crippen LogP contribution in [0.15, 0.2) is 53.3 Å². The standard InChI is InChI=1S/C22H27N5O/c1-4-17-13-10-14-18(5-2)20(17)27-19(6-3)24-21(25-22(27)28)26(23)15-16-11-8-7-9-12-16/h7-14H,4-6,15,23H2,1-3H3. The van der Waals surface area contributed by atoms with Crippen LogP contribution in [0.25, 0.3) is 5.69 Å². The minimum atomic E-state index is -0.346. The molecule has 146 valence electrons. The van der Waals surface area contributed by atoms with E-state index in [2.05, 4.69) is 35.9 Å². The number of rotatable bonds is 7. The van der Waals surface area contributed by atoms with Gasteiger partial charge < -0.3 is 0 Å². The fourth-order valence-electron chi connectivity index (χ4n) is 3.38. The molecule has 0 saturated carbocycles. The first kappa shape index (κ1) is 19.8. The lowest BCUT2D eigenvalue weighted by atomic mass is 10.0. The molecular weight excluding hydrogens is 350 g/mol. The summed E-state index contributed by atoms with van der Waals surface area (Å²) in [6, 6.07) is 16.0. The van der Waals surface area contributed by atoms with Crippen molar-refractivity contribution in [3.05, 3.63) is 81.5 Å². The highest BCUT2D eigenvalue weighted by molar-refractivity contribution is 5.49. The number of nitrogens with two attached hydrogens (primary N) is 1. The van der Waals surface area contributed by atoms with E-state index in [1.807, 2.05) is 43.3 Å². The number of nitrogens with zero attached hydrogens (tertiary/aromatic N) is 4. The van der Waals surface area contributed by atoms with Crippen molar-refractivity contribution in [2.24, 2.45) is 5.84 Å². The summed E-state index contributed by atoms with van der Waals surface area (Å²) in [5.74, 6) is 7.09. The van der Waals surface area contributed by atoms with Crippen molar-refractivity contribution in [3.63, 3.8) is 0 Å². The Morgan fingerprint density at radius 1 is 0.893 bits per heavy atom. The van der Waals surface area contributed by atoms with Gasteiger partial charge in [-0.2, -0.15) is 9.97 Å². The molecule has 6 heteroatoms. The van der Waals surface area contributed by atoms with Crippen molar-refractivity contribution in [3.8, 4) is 5.69 Å². The van der Waals surface area contributed by atoms with Crippen LogP contribution in [0, 0.1) is 0 Å². The number of aromatic nitrogens is 3. The highest BCUT2D eigenvalue weighted by Gasteiger charge is 2.18. The molecule has 1 aromatic heterocycles. The second kappa shape index (κ2) is 8.80. The predicted molar refractivity (Wildman–Crippen MR) is 113 cm³/mol. The number of para-hydroxylation sites is 1. The van der Waals surface area contributed by atoms with Gasteiger partial charge in [0.15, 0.2) is 0 Å². The molecule has 3 rings (SSSR count). The zero-order chi connectivity index (χ0) is 20.1. The van der Waals surface area contributed by atoms with Gasteiger partial charge in [0.2, 0.25) is 5.95 Å². The lowest BCUT2D eigenvalue weighted by molar-refractivity contribution is 0.716. The molecule has 2 aromatic carbocycles. The van der Waals surface area contributed by atoms with E-state index in [4.69, 9.17) is 5.84 Å². The van der Waals surface area contributed by atoms with Gasteiger partial charge in [-0.3, -0.25) is 5.01 Å². The topological polar surface area (TPSA) is 77.0 Å². The molecule has 0 fully saturated rings. The lowest BCUT2D eigenvalue weighted by Crippen LogP contribution is -2.37. The summed E-state index contributed by atoms with van der Waals surface area (Å²) in [6.45, 7) is 6.59. The molecule has 0 aliphatic rings. The summed E-state index contributed by atoms with van der Waals surface area (Å²) in [5.41, 5.74) is 3.82. The fourth-order valence-corrected chi connectivity index (χ4v) is 3.38. The molecule has 0 aliphatic carbocycles. The molecule has 0 bridgehead atoms. The Labute approximate surface area is 165 Å². The van der Waals surface area contributed by atoms with Crippen LogP contribution in [0.3, 0.4) is 0 Å². The first-order valence-electron chi connectivity index (χ1n) is 9.76. The Morgan fingerprint density at radius 2 is 1.54 bits per heavy atom. The van der Waals surface area contributed by atoms with E-state index in [0.717, 1.165) is 35.2 Å².